The van der Waals surface area contributed by atoms with Crippen LogP contribution in [0, 0.1) is 5.92 Å². The minimum atomic E-state index is -3.54. The maximum absolute atomic E-state index is 12.1. The van der Waals surface area contributed by atoms with Gasteiger partial charge in [-0.15, -0.1) is 24.0 Å². The summed E-state index contributed by atoms with van der Waals surface area (Å²) in [4.78, 5) is 8.11. The first-order valence-corrected chi connectivity index (χ1v) is 10.3. The Morgan fingerprint density at radius 3 is 2.52 bits per heavy atom. The van der Waals surface area contributed by atoms with Crippen LogP contribution >= 0.6 is 24.0 Å². The van der Waals surface area contributed by atoms with Gasteiger partial charge in [0.2, 0.25) is 10.0 Å². The molecule has 10 heteroatoms. The van der Waals surface area contributed by atoms with Gasteiger partial charge in [-0.3, -0.25) is 9.98 Å². The Labute approximate surface area is 180 Å². The molecule has 0 aliphatic heterocycles. The molecular formula is C17H32IN5O3S. The zero-order chi connectivity index (χ0) is 19.4. The Balaban J connectivity index is 0.00000676. The average Bonchev–Trinajstić information content (AvgIpc) is 2.63. The van der Waals surface area contributed by atoms with E-state index in [-0.39, 0.29) is 41.5 Å². The number of rotatable bonds is 11. The van der Waals surface area contributed by atoms with E-state index in [4.69, 9.17) is 4.74 Å². The van der Waals surface area contributed by atoms with Crippen molar-refractivity contribution in [2.75, 3.05) is 33.3 Å². The predicted octanol–water partition coefficient (Wildman–Crippen LogP) is 1.59. The highest BCUT2D eigenvalue weighted by Crippen LogP contribution is 2.09. The van der Waals surface area contributed by atoms with Crippen LogP contribution in [0.5, 0.6) is 0 Å². The Hall–Kier alpha value is -0.980. The molecule has 1 atom stereocenters. The summed E-state index contributed by atoms with van der Waals surface area (Å²) in [5, 5.41) is 6.30. The summed E-state index contributed by atoms with van der Waals surface area (Å²) in [5.74, 6) is 1.08. The largest absolute Gasteiger partial charge is 0.378 e. The number of sulfonamides is 1. The lowest BCUT2D eigenvalue weighted by atomic mass is 10.0. The topological polar surface area (TPSA) is 105 Å². The smallest absolute Gasteiger partial charge is 0.242 e. The van der Waals surface area contributed by atoms with Crippen LogP contribution in [-0.2, 0) is 14.8 Å². The second-order valence-electron chi connectivity index (χ2n) is 6.04. The highest BCUT2D eigenvalue weighted by atomic mass is 127. The van der Waals surface area contributed by atoms with Gasteiger partial charge in [-0.05, 0) is 31.4 Å². The van der Waals surface area contributed by atoms with Crippen molar-refractivity contribution in [2.45, 2.75) is 38.2 Å². The summed E-state index contributed by atoms with van der Waals surface area (Å²) in [6.07, 6.45) is 3.93. The number of pyridine rings is 1. The van der Waals surface area contributed by atoms with E-state index >= 15 is 0 Å². The predicted molar refractivity (Wildman–Crippen MR) is 119 cm³/mol. The first-order valence-electron chi connectivity index (χ1n) is 8.86. The van der Waals surface area contributed by atoms with Crippen molar-refractivity contribution in [3.8, 4) is 0 Å². The van der Waals surface area contributed by atoms with Gasteiger partial charge in [0.25, 0.3) is 0 Å². The Morgan fingerprint density at radius 1 is 1.26 bits per heavy atom. The summed E-state index contributed by atoms with van der Waals surface area (Å²) < 4.78 is 32.4. The number of guanidine groups is 1. The lowest BCUT2D eigenvalue weighted by Gasteiger charge is -2.21. The normalized spacial score (nSPS) is 13.1. The molecular weight excluding hydrogens is 481 g/mol. The number of hydrogen-bond acceptors (Lipinski definition) is 5. The summed E-state index contributed by atoms with van der Waals surface area (Å²) in [6.45, 7) is 8.36. The third-order valence-electron chi connectivity index (χ3n) is 3.72. The van der Waals surface area contributed by atoms with Crippen molar-refractivity contribution in [3.05, 3.63) is 24.5 Å². The van der Waals surface area contributed by atoms with Crippen LogP contribution in [-0.4, -0.2) is 58.8 Å². The summed E-state index contributed by atoms with van der Waals surface area (Å²) in [6, 6.07) is 3.10. The number of hydrogen-bond donors (Lipinski definition) is 3. The molecule has 0 radical (unpaired) electrons. The van der Waals surface area contributed by atoms with Crippen molar-refractivity contribution in [2.24, 2.45) is 10.9 Å². The monoisotopic (exact) mass is 513 g/mol. The summed E-state index contributed by atoms with van der Waals surface area (Å²) in [5.41, 5.74) is 0. The van der Waals surface area contributed by atoms with Crippen molar-refractivity contribution in [1.29, 1.82) is 0 Å². The Bertz CT molecular complexity index is 641. The van der Waals surface area contributed by atoms with E-state index in [1.54, 1.807) is 13.1 Å². The first-order chi connectivity index (χ1) is 12.4. The molecule has 1 aromatic heterocycles. The van der Waals surface area contributed by atoms with Gasteiger partial charge in [-0.1, -0.05) is 13.8 Å². The molecule has 0 fully saturated rings. The van der Waals surface area contributed by atoms with Gasteiger partial charge in [-0.25, -0.2) is 13.1 Å². The molecule has 27 heavy (non-hydrogen) atoms. The van der Waals surface area contributed by atoms with Gasteiger partial charge >= 0.3 is 0 Å². The van der Waals surface area contributed by atoms with E-state index < -0.39 is 10.0 Å². The van der Waals surface area contributed by atoms with Crippen molar-refractivity contribution < 1.29 is 13.2 Å². The molecule has 3 N–H and O–H groups in total. The molecule has 8 nitrogen and oxygen atoms in total. The van der Waals surface area contributed by atoms with Crippen LogP contribution in [0.4, 0.5) is 0 Å². The first kappa shape index (κ1) is 26.0. The molecule has 0 aromatic carbocycles. The minimum absolute atomic E-state index is 0. The zero-order valence-electron chi connectivity index (χ0n) is 16.4. The maximum Gasteiger partial charge on any atom is 0.242 e. The fourth-order valence-corrected chi connectivity index (χ4v) is 3.33. The lowest BCUT2D eigenvalue weighted by Crippen LogP contribution is -2.42. The van der Waals surface area contributed by atoms with Crippen molar-refractivity contribution in [3.63, 3.8) is 0 Å². The fraction of sp³-hybridized carbons (Fsp3) is 0.647. The molecule has 0 aliphatic carbocycles. The molecule has 156 valence electrons. The molecule has 0 bridgehead atoms. The third-order valence-corrected chi connectivity index (χ3v) is 5.17. The van der Waals surface area contributed by atoms with E-state index in [2.05, 4.69) is 39.2 Å². The zero-order valence-corrected chi connectivity index (χ0v) is 19.6. The Morgan fingerprint density at radius 2 is 1.96 bits per heavy atom. The number of aromatic nitrogens is 1. The highest BCUT2D eigenvalue weighted by molar-refractivity contribution is 14.0. The fourth-order valence-electron chi connectivity index (χ4n) is 2.33. The number of nitrogens with one attached hydrogen (secondary N) is 3. The molecule has 1 unspecified atom stereocenters. The Kier molecular flexibility index (Phi) is 13.6. The minimum Gasteiger partial charge on any atom is -0.378 e. The summed E-state index contributed by atoms with van der Waals surface area (Å²) in [7, 11) is -1.86. The van der Waals surface area contributed by atoms with E-state index in [9.17, 15) is 8.42 Å². The van der Waals surface area contributed by atoms with E-state index in [0.29, 0.717) is 25.0 Å². The molecule has 0 spiro atoms. The lowest BCUT2D eigenvalue weighted by molar-refractivity contribution is 0.0258. The van der Waals surface area contributed by atoms with Crippen LogP contribution in [0.2, 0.25) is 0 Å². The number of aliphatic imine (C=N–C) groups is 1. The molecule has 0 saturated carbocycles. The van der Waals surface area contributed by atoms with Crippen molar-refractivity contribution >= 4 is 40.0 Å². The van der Waals surface area contributed by atoms with Crippen LogP contribution in [0.25, 0.3) is 0 Å². The van der Waals surface area contributed by atoms with Gasteiger partial charge in [-0.2, -0.15) is 0 Å². The van der Waals surface area contributed by atoms with Crippen LogP contribution in [0.15, 0.2) is 34.4 Å². The standard InChI is InChI=1S/C17H31N5O3S.HI/c1-5-25-16(14(2)3)8-10-20-17(18-4)21-11-12-22-26(23,24)15-7-6-9-19-13-15;/h6-7,9,13-14,16,22H,5,8,10-12H2,1-4H3,(H2,18,20,21);1H. The van der Waals surface area contributed by atoms with Crippen LogP contribution in [0.3, 0.4) is 0 Å². The van der Waals surface area contributed by atoms with E-state index in [0.717, 1.165) is 13.0 Å². The molecule has 1 rings (SSSR count). The quantitative estimate of drug-likeness (QED) is 0.180. The average molecular weight is 513 g/mol. The number of halogens is 1. The molecule has 0 amide bonds. The molecule has 1 aromatic rings. The highest BCUT2D eigenvalue weighted by Gasteiger charge is 2.14. The van der Waals surface area contributed by atoms with Gasteiger partial charge in [0.15, 0.2) is 5.96 Å². The van der Waals surface area contributed by atoms with E-state index in [1.807, 2.05) is 6.92 Å². The van der Waals surface area contributed by atoms with Gasteiger partial charge in [0, 0.05) is 45.7 Å². The van der Waals surface area contributed by atoms with Gasteiger partial charge < -0.3 is 15.4 Å². The van der Waals surface area contributed by atoms with Crippen LogP contribution < -0.4 is 15.4 Å². The third kappa shape index (κ3) is 10.2. The van der Waals surface area contributed by atoms with E-state index in [1.165, 1.54) is 18.5 Å². The van der Waals surface area contributed by atoms with Crippen molar-refractivity contribution in [1.82, 2.24) is 20.3 Å². The second-order valence-corrected chi connectivity index (χ2v) is 7.81. The van der Waals surface area contributed by atoms with Gasteiger partial charge in [0.05, 0.1) is 6.10 Å². The van der Waals surface area contributed by atoms with Gasteiger partial charge in [0.1, 0.15) is 4.90 Å². The number of nitrogens with zero attached hydrogens (tertiary/aromatic N) is 2. The number of ether oxygens (including phenoxy) is 1. The molecule has 0 saturated heterocycles. The maximum atomic E-state index is 12.1. The molecule has 1 heterocycles. The second kappa shape index (κ2) is 14.1. The summed E-state index contributed by atoms with van der Waals surface area (Å²) >= 11 is 0. The van der Waals surface area contributed by atoms with Crippen LogP contribution in [0.1, 0.15) is 27.2 Å². The SMILES string of the molecule is CCOC(CCNC(=NC)NCCNS(=O)(=O)c1cccnc1)C(C)C.I. The molecule has 0 aliphatic rings.